The van der Waals surface area contributed by atoms with Gasteiger partial charge in [-0.25, -0.2) is 0 Å². The number of phenols is 1. The molecule has 0 amide bonds. The molecular weight excluding hydrogens is 178 g/mol. The van der Waals surface area contributed by atoms with Crippen molar-refractivity contribution in [3.05, 3.63) is 33.9 Å². The minimum atomic E-state index is -0.623. The van der Waals surface area contributed by atoms with Gasteiger partial charge >= 0.3 is 5.69 Å². The van der Waals surface area contributed by atoms with Crippen LogP contribution in [0.4, 0.5) is 5.69 Å². The molecule has 0 aliphatic carbocycles. The van der Waals surface area contributed by atoms with Crippen LogP contribution in [-0.4, -0.2) is 10.0 Å². The molecule has 0 heterocycles. The molecule has 0 atom stereocenters. The standard InChI is InChI=1S/C7H7NO3S/c9-7-2-1-5(4-12)3-6(7)8(10)11/h1-3,9,12H,4H2. The van der Waals surface area contributed by atoms with Gasteiger partial charge in [-0.15, -0.1) is 0 Å². The van der Waals surface area contributed by atoms with Gasteiger partial charge in [0, 0.05) is 11.8 Å². The van der Waals surface area contributed by atoms with Gasteiger partial charge in [-0.1, -0.05) is 6.07 Å². The van der Waals surface area contributed by atoms with Gasteiger partial charge < -0.3 is 5.11 Å². The van der Waals surface area contributed by atoms with Crippen LogP contribution >= 0.6 is 12.6 Å². The number of nitro benzene ring substituents is 1. The highest BCUT2D eigenvalue weighted by molar-refractivity contribution is 7.79. The second-order valence-corrected chi connectivity index (χ2v) is 2.55. The summed E-state index contributed by atoms with van der Waals surface area (Å²) in [6, 6.07) is 4.20. The fourth-order valence-corrected chi connectivity index (χ4v) is 1.01. The molecule has 0 spiro atoms. The first-order valence-electron chi connectivity index (χ1n) is 3.22. The highest BCUT2D eigenvalue weighted by Gasteiger charge is 2.12. The Morgan fingerprint density at radius 1 is 1.58 bits per heavy atom. The van der Waals surface area contributed by atoms with Gasteiger partial charge in [0.15, 0.2) is 5.75 Å². The number of nitro groups is 1. The number of aromatic hydroxyl groups is 1. The number of benzene rings is 1. The second-order valence-electron chi connectivity index (χ2n) is 2.24. The zero-order valence-corrected chi connectivity index (χ0v) is 6.99. The van der Waals surface area contributed by atoms with Crippen LogP contribution in [0.25, 0.3) is 0 Å². The molecule has 64 valence electrons. The van der Waals surface area contributed by atoms with E-state index in [4.69, 9.17) is 5.11 Å². The molecule has 0 bridgehead atoms. The second kappa shape index (κ2) is 3.44. The van der Waals surface area contributed by atoms with Gasteiger partial charge in [-0.3, -0.25) is 10.1 Å². The molecule has 1 rings (SSSR count). The van der Waals surface area contributed by atoms with E-state index in [1.54, 1.807) is 6.07 Å². The minimum absolute atomic E-state index is 0.276. The highest BCUT2D eigenvalue weighted by Crippen LogP contribution is 2.26. The van der Waals surface area contributed by atoms with Crippen LogP contribution in [0.1, 0.15) is 5.56 Å². The molecule has 0 aliphatic rings. The molecule has 0 unspecified atom stereocenters. The van der Waals surface area contributed by atoms with Gasteiger partial charge in [0.05, 0.1) is 4.92 Å². The van der Waals surface area contributed by atoms with Crippen molar-refractivity contribution in [2.75, 3.05) is 0 Å². The van der Waals surface area contributed by atoms with Crippen LogP contribution in [0.5, 0.6) is 5.75 Å². The van der Waals surface area contributed by atoms with Crippen LogP contribution < -0.4 is 0 Å². The Kier molecular flexibility index (Phi) is 2.54. The molecule has 0 saturated carbocycles. The molecule has 1 aromatic carbocycles. The molecule has 0 fully saturated rings. The van der Waals surface area contributed by atoms with Gasteiger partial charge in [0.25, 0.3) is 0 Å². The predicted octanol–water partition coefficient (Wildman–Crippen LogP) is 1.73. The molecule has 5 heteroatoms. The van der Waals surface area contributed by atoms with E-state index in [1.807, 2.05) is 0 Å². The van der Waals surface area contributed by atoms with E-state index >= 15 is 0 Å². The molecule has 1 aromatic rings. The molecule has 0 aliphatic heterocycles. The smallest absolute Gasteiger partial charge is 0.310 e. The zero-order chi connectivity index (χ0) is 9.14. The summed E-state index contributed by atoms with van der Waals surface area (Å²) in [5.74, 6) is 0.103. The van der Waals surface area contributed by atoms with Gasteiger partial charge in [0.1, 0.15) is 0 Å². The molecule has 0 aromatic heterocycles. The quantitative estimate of drug-likeness (QED) is 0.419. The lowest BCUT2D eigenvalue weighted by Crippen LogP contribution is -1.89. The van der Waals surface area contributed by atoms with Crippen molar-refractivity contribution in [2.24, 2.45) is 0 Å². The fourth-order valence-electron chi connectivity index (χ4n) is 0.814. The van der Waals surface area contributed by atoms with E-state index in [2.05, 4.69) is 12.6 Å². The maximum Gasteiger partial charge on any atom is 0.310 e. The summed E-state index contributed by atoms with van der Waals surface area (Å²) >= 11 is 3.96. The third kappa shape index (κ3) is 1.68. The van der Waals surface area contributed by atoms with E-state index in [1.165, 1.54) is 12.1 Å². The fraction of sp³-hybridized carbons (Fsp3) is 0.143. The Bertz CT molecular complexity index is 314. The number of hydrogen-bond donors (Lipinski definition) is 2. The van der Waals surface area contributed by atoms with Crippen molar-refractivity contribution >= 4 is 18.3 Å². The Balaban J connectivity index is 3.17. The first-order chi connectivity index (χ1) is 5.65. The first-order valence-corrected chi connectivity index (χ1v) is 3.85. The first kappa shape index (κ1) is 8.86. The summed E-state index contributed by atoms with van der Waals surface area (Å²) in [6.07, 6.45) is 0. The van der Waals surface area contributed by atoms with Crippen molar-refractivity contribution in [1.29, 1.82) is 0 Å². The third-order valence-corrected chi connectivity index (χ3v) is 1.78. The van der Waals surface area contributed by atoms with Crippen LogP contribution in [0.3, 0.4) is 0 Å². The Labute approximate surface area is 74.4 Å². The SMILES string of the molecule is O=[N+]([O-])c1cc(CS)ccc1O. The number of nitrogens with zero attached hydrogens (tertiary/aromatic N) is 1. The molecule has 12 heavy (non-hydrogen) atoms. The number of phenolic OH excluding ortho intramolecular Hbond substituents is 1. The average Bonchev–Trinajstić information content (AvgIpc) is 2.05. The average molecular weight is 185 g/mol. The van der Waals surface area contributed by atoms with Crippen LogP contribution in [-0.2, 0) is 5.75 Å². The van der Waals surface area contributed by atoms with Crippen molar-refractivity contribution in [2.45, 2.75) is 5.75 Å². The maximum atomic E-state index is 10.3. The van der Waals surface area contributed by atoms with E-state index < -0.39 is 4.92 Å². The summed E-state index contributed by atoms with van der Waals surface area (Å²) in [4.78, 5) is 9.69. The molecule has 0 radical (unpaired) electrons. The Hall–Kier alpha value is -1.23. The summed E-state index contributed by atoms with van der Waals surface area (Å²) in [7, 11) is 0. The van der Waals surface area contributed by atoms with Crippen LogP contribution in [0.2, 0.25) is 0 Å². The van der Waals surface area contributed by atoms with E-state index in [0.29, 0.717) is 11.3 Å². The topological polar surface area (TPSA) is 63.4 Å². The van der Waals surface area contributed by atoms with Crippen molar-refractivity contribution < 1.29 is 10.0 Å². The normalized spacial score (nSPS) is 9.75. The minimum Gasteiger partial charge on any atom is -0.502 e. The third-order valence-electron chi connectivity index (χ3n) is 1.42. The Morgan fingerprint density at radius 2 is 2.25 bits per heavy atom. The van der Waals surface area contributed by atoms with Crippen LogP contribution in [0.15, 0.2) is 18.2 Å². The summed E-state index contributed by atoms with van der Waals surface area (Å²) < 4.78 is 0. The van der Waals surface area contributed by atoms with Crippen molar-refractivity contribution in [3.8, 4) is 5.75 Å². The molecule has 1 N–H and O–H groups in total. The summed E-state index contributed by atoms with van der Waals surface area (Å²) in [6.45, 7) is 0. The lowest BCUT2D eigenvalue weighted by atomic mass is 10.2. The zero-order valence-electron chi connectivity index (χ0n) is 6.10. The summed E-state index contributed by atoms with van der Waals surface area (Å²) in [5, 5.41) is 19.3. The van der Waals surface area contributed by atoms with E-state index in [0.717, 1.165) is 0 Å². The molecular formula is C7H7NO3S. The van der Waals surface area contributed by atoms with E-state index in [9.17, 15) is 10.1 Å². The number of hydrogen-bond acceptors (Lipinski definition) is 4. The molecule has 0 saturated heterocycles. The molecule has 4 nitrogen and oxygen atoms in total. The summed E-state index contributed by atoms with van der Waals surface area (Å²) in [5.41, 5.74) is 0.435. The van der Waals surface area contributed by atoms with Crippen molar-refractivity contribution in [3.63, 3.8) is 0 Å². The van der Waals surface area contributed by atoms with Crippen LogP contribution in [0, 0.1) is 10.1 Å². The van der Waals surface area contributed by atoms with Gasteiger partial charge in [0.2, 0.25) is 0 Å². The largest absolute Gasteiger partial charge is 0.502 e. The lowest BCUT2D eigenvalue weighted by molar-refractivity contribution is -0.385. The van der Waals surface area contributed by atoms with Crippen molar-refractivity contribution in [1.82, 2.24) is 0 Å². The lowest BCUT2D eigenvalue weighted by Gasteiger charge is -1.97. The Morgan fingerprint density at radius 3 is 2.75 bits per heavy atom. The predicted molar refractivity (Wildman–Crippen MR) is 47.5 cm³/mol. The van der Waals surface area contributed by atoms with Gasteiger partial charge in [-0.05, 0) is 11.6 Å². The van der Waals surface area contributed by atoms with Gasteiger partial charge in [-0.2, -0.15) is 12.6 Å². The maximum absolute atomic E-state index is 10.3. The monoisotopic (exact) mass is 185 g/mol. The van der Waals surface area contributed by atoms with E-state index in [-0.39, 0.29) is 11.4 Å². The number of rotatable bonds is 2. The highest BCUT2D eigenvalue weighted by atomic mass is 32.1. The number of thiol groups is 1.